The molecular formula is C13H7Cl2FN2. The molecule has 1 aromatic carbocycles. The quantitative estimate of drug-likeness (QED) is 0.644. The maximum absolute atomic E-state index is 13.1. The van der Waals surface area contributed by atoms with Crippen molar-refractivity contribution in [2.75, 3.05) is 0 Å². The zero-order chi connectivity index (χ0) is 12.7. The third kappa shape index (κ3) is 1.96. The molecular weight excluding hydrogens is 274 g/mol. The van der Waals surface area contributed by atoms with Crippen LogP contribution in [0.3, 0.4) is 0 Å². The van der Waals surface area contributed by atoms with Crippen LogP contribution >= 0.6 is 23.2 Å². The first kappa shape index (κ1) is 11.5. The van der Waals surface area contributed by atoms with Gasteiger partial charge in [-0.15, -0.1) is 0 Å². The lowest BCUT2D eigenvalue weighted by Gasteiger charge is -1.98. The van der Waals surface area contributed by atoms with Crippen LogP contribution in [0.2, 0.25) is 10.0 Å². The van der Waals surface area contributed by atoms with Gasteiger partial charge in [0.2, 0.25) is 0 Å². The van der Waals surface area contributed by atoms with Gasteiger partial charge in [0.05, 0.1) is 15.7 Å². The third-order valence-corrected chi connectivity index (χ3v) is 3.37. The highest BCUT2D eigenvalue weighted by Gasteiger charge is 2.07. The minimum absolute atomic E-state index is 0.305. The standard InChI is InChI=1S/C13H7Cl2FN2/c14-10-3-1-8(5-11(10)15)12-7-18-6-9(16)2-4-13(18)17-12/h1-7H. The van der Waals surface area contributed by atoms with Crippen LogP contribution in [0.5, 0.6) is 0 Å². The fraction of sp³-hybridized carbons (Fsp3) is 0. The summed E-state index contributed by atoms with van der Waals surface area (Å²) >= 11 is 11.8. The number of aromatic nitrogens is 2. The molecule has 0 spiro atoms. The number of fused-ring (bicyclic) bond motifs is 1. The Morgan fingerprint density at radius 3 is 2.61 bits per heavy atom. The summed E-state index contributed by atoms with van der Waals surface area (Å²) in [7, 11) is 0. The van der Waals surface area contributed by atoms with Gasteiger partial charge in [-0.25, -0.2) is 9.37 Å². The van der Waals surface area contributed by atoms with Crippen LogP contribution in [0.1, 0.15) is 0 Å². The first-order chi connectivity index (χ1) is 8.63. The number of pyridine rings is 1. The molecule has 18 heavy (non-hydrogen) atoms. The molecule has 0 bridgehead atoms. The van der Waals surface area contributed by atoms with Gasteiger partial charge in [-0.3, -0.25) is 0 Å². The summed E-state index contributed by atoms with van der Waals surface area (Å²) in [6, 6.07) is 8.27. The largest absolute Gasteiger partial charge is 0.304 e. The van der Waals surface area contributed by atoms with E-state index in [2.05, 4.69) is 4.98 Å². The highest BCUT2D eigenvalue weighted by atomic mass is 35.5. The van der Waals surface area contributed by atoms with Gasteiger partial charge in [0.25, 0.3) is 0 Å². The second kappa shape index (κ2) is 4.26. The van der Waals surface area contributed by atoms with Gasteiger partial charge in [-0.2, -0.15) is 0 Å². The highest BCUT2D eigenvalue weighted by Crippen LogP contribution is 2.28. The van der Waals surface area contributed by atoms with Gasteiger partial charge in [0.1, 0.15) is 11.5 Å². The van der Waals surface area contributed by atoms with Crippen molar-refractivity contribution in [1.82, 2.24) is 9.38 Å². The molecule has 0 saturated heterocycles. The molecule has 90 valence electrons. The van der Waals surface area contributed by atoms with Crippen molar-refractivity contribution >= 4 is 28.8 Å². The van der Waals surface area contributed by atoms with E-state index in [9.17, 15) is 4.39 Å². The second-order valence-corrected chi connectivity index (χ2v) is 4.68. The topological polar surface area (TPSA) is 17.3 Å². The summed E-state index contributed by atoms with van der Waals surface area (Å²) in [5, 5.41) is 0.965. The molecule has 3 rings (SSSR count). The lowest BCUT2D eigenvalue weighted by molar-refractivity contribution is 0.619. The van der Waals surface area contributed by atoms with Crippen molar-refractivity contribution in [3.05, 3.63) is 58.6 Å². The van der Waals surface area contributed by atoms with Crippen LogP contribution in [0.25, 0.3) is 16.9 Å². The van der Waals surface area contributed by atoms with E-state index in [1.54, 1.807) is 28.8 Å². The van der Waals surface area contributed by atoms with Crippen molar-refractivity contribution in [2.24, 2.45) is 0 Å². The predicted octanol–water partition coefficient (Wildman–Crippen LogP) is 4.45. The van der Waals surface area contributed by atoms with Crippen molar-refractivity contribution in [1.29, 1.82) is 0 Å². The monoisotopic (exact) mass is 280 g/mol. The molecule has 0 aliphatic carbocycles. The zero-order valence-electron chi connectivity index (χ0n) is 9.07. The van der Waals surface area contributed by atoms with Crippen molar-refractivity contribution in [2.45, 2.75) is 0 Å². The molecule has 2 nitrogen and oxygen atoms in total. The van der Waals surface area contributed by atoms with Crippen LogP contribution in [-0.2, 0) is 0 Å². The van der Waals surface area contributed by atoms with Gasteiger partial charge >= 0.3 is 0 Å². The van der Waals surface area contributed by atoms with Crippen LogP contribution in [0.15, 0.2) is 42.7 Å². The normalized spacial score (nSPS) is 11.1. The van der Waals surface area contributed by atoms with Crippen LogP contribution in [0, 0.1) is 5.82 Å². The third-order valence-electron chi connectivity index (χ3n) is 2.63. The Morgan fingerprint density at radius 1 is 1.00 bits per heavy atom. The lowest BCUT2D eigenvalue weighted by atomic mass is 10.2. The number of hydrogen-bond acceptors (Lipinski definition) is 1. The molecule has 0 aliphatic rings. The fourth-order valence-electron chi connectivity index (χ4n) is 1.76. The summed E-state index contributed by atoms with van der Waals surface area (Å²) in [6.07, 6.45) is 3.13. The molecule has 0 radical (unpaired) electrons. The summed E-state index contributed by atoms with van der Waals surface area (Å²) < 4.78 is 14.7. The Balaban J connectivity index is 2.16. The molecule has 0 unspecified atom stereocenters. The Labute approximate surface area is 113 Å². The number of hydrogen-bond donors (Lipinski definition) is 0. The van der Waals surface area contributed by atoms with Crippen LogP contribution in [-0.4, -0.2) is 9.38 Å². The van der Waals surface area contributed by atoms with Crippen molar-refractivity contribution in [3.8, 4) is 11.3 Å². The van der Waals surface area contributed by atoms with Crippen molar-refractivity contribution in [3.63, 3.8) is 0 Å². The molecule has 0 aliphatic heterocycles. The first-order valence-corrected chi connectivity index (χ1v) is 5.99. The molecule has 0 amide bonds. The molecule has 5 heteroatoms. The smallest absolute Gasteiger partial charge is 0.139 e. The first-order valence-electron chi connectivity index (χ1n) is 5.23. The van der Waals surface area contributed by atoms with Gasteiger partial charge in [-0.05, 0) is 24.3 Å². The zero-order valence-corrected chi connectivity index (χ0v) is 10.6. The number of benzene rings is 1. The second-order valence-electron chi connectivity index (χ2n) is 3.87. The summed E-state index contributed by atoms with van der Waals surface area (Å²) in [5.74, 6) is -0.305. The average molecular weight is 281 g/mol. The SMILES string of the molecule is Fc1ccc2nc(-c3ccc(Cl)c(Cl)c3)cn2c1. The van der Waals surface area contributed by atoms with E-state index in [1.807, 2.05) is 6.07 Å². The maximum atomic E-state index is 13.1. The minimum atomic E-state index is -0.305. The number of imidazole rings is 1. The van der Waals surface area contributed by atoms with E-state index < -0.39 is 0 Å². The molecule has 0 saturated carbocycles. The summed E-state index contributed by atoms with van der Waals surface area (Å²) in [5.41, 5.74) is 2.24. The number of nitrogens with zero attached hydrogens (tertiary/aromatic N) is 2. The Bertz CT molecular complexity index is 737. The number of halogens is 3. The maximum Gasteiger partial charge on any atom is 0.139 e. The molecule has 0 N–H and O–H groups in total. The molecule has 0 atom stereocenters. The summed E-state index contributed by atoms with van der Waals surface area (Å²) in [4.78, 5) is 4.39. The molecule has 0 fully saturated rings. The fourth-order valence-corrected chi connectivity index (χ4v) is 2.06. The highest BCUT2D eigenvalue weighted by molar-refractivity contribution is 6.42. The van der Waals surface area contributed by atoms with Crippen LogP contribution in [0.4, 0.5) is 4.39 Å². The Hall–Kier alpha value is -1.58. The molecule has 3 aromatic rings. The van der Waals surface area contributed by atoms with E-state index in [0.717, 1.165) is 11.3 Å². The predicted molar refractivity (Wildman–Crippen MR) is 70.6 cm³/mol. The average Bonchev–Trinajstić information content (AvgIpc) is 2.75. The van der Waals surface area contributed by atoms with Gasteiger partial charge in [0, 0.05) is 18.0 Å². The van der Waals surface area contributed by atoms with Gasteiger partial charge in [-0.1, -0.05) is 29.3 Å². The summed E-state index contributed by atoms with van der Waals surface area (Å²) in [6.45, 7) is 0. The van der Waals surface area contributed by atoms with E-state index in [1.165, 1.54) is 12.3 Å². The molecule has 2 aromatic heterocycles. The van der Waals surface area contributed by atoms with Crippen molar-refractivity contribution < 1.29 is 4.39 Å². The minimum Gasteiger partial charge on any atom is -0.304 e. The van der Waals surface area contributed by atoms with E-state index >= 15 is 0 Å². The van der Waals surface area contributed by atoms with E-state index in [0.29, 0.717) is 15.7 Å². The van der Waals surface area contributed by atoms with E-state index in [-0.39, 0.29) is 5.82 Å². The van der Waals surface area contributed by atoms with E-state index in [4.69, 9.17) is 23.2 Å². The lowest BCUT2D eigenvalue weighted by Crippen LogP contribution is -1.83. The van der Waals surface area contributed by atoms with Gasteiger partial charge < -0.3 is 4.40 Å². The number of rotatable bonds is 1. The molecule has 2 heterocycles. The van der Waals surface area contributed by atoms with Gasteiger partial charge in [0.15, 0.2) is 0 Å². The Morgan fingerprint density at radius 2 is 1.83 bits per heavy atom. The van der Waals surface area contributed by atoms with Crippen LogP contribution < -0.4 is 0 Å². The Kier molecular flexibility index (Phi) is 2.73.